The number of rotatable bonds is 8. The van der Waals surface area contributed by atoms with Crippen LogP contribution in [0.2, 0.25) is 5.02 Å². The Morgan fingerprint density at radius 2 is 1.79 bits per heavy atom. The number of carbonyl (C=O) groups is 3. The van der Waals surface area contributed by atoms with Crippen molar-refractivity contribution < 1.29 is 28.0 Å². The molecule has 34 heavy (non-hydrogen) atoms. The number of nitrogens with zero attached hydrogens (tertiary/aromatic N) is 2. The fourth-order valence-electron chi connectivity index (χ4n) is 3.30. The van der Waals surface area contributed by atoms with Gasteiger partial charge in [0.05, 0.1) is 10.6 Å². The lowest BCUT2D eigenvalue weighted by Gasteiger charge is -2.18. The number of halogens is 2. The molecule has 0 aliphatic carbocycles. The molecule has 178 valence electrons. The molecule has 8 nitrogen and oxygen atoms in total. The molecule has 0 saturated heterocycles. The molecular formula is C24H23ClFN3O5. The number of carbonyl (C=O) groups excluding carboxylic acids is 3. The Balaban J connectivity index is 1.65. The van der Waals surface area contributed by atoms with Crippen molar-refractivity contribution in [2.45, 2.75) is 20.8 Å². The maximum atomic E-state index is 14.3. The number of hydrogen-bond acceptors (Lipinski definition) is 6. The van der Waals surface area contributed by atoms with Gasteiger partial charge in [-0.05, 0) is 57.2 Å². The summed E-state index contributed by atoms with van der Waals surface area (Å²) in [5.41, 5.74) is 0.586. The summed E-state index contributed by atoms with van der Waals surface area (Å²) in [5, 5.41) is 6.37. The molecule has 0 aliphatic rings. The van der Waals surface area contributed by atoms with Crippen LogP contribution in [0, 0.1) is 12.7 Å². The van der Waals surface area contributed by atoms with E-state index < -0.39 is 24.3 Å². The molecule has 0 bridgehead atoms. The number of aryl methyl sites for hydroxylation is 1. The number of benzene rings is 2. The van der Waals surface area contributed by atoms with Crippen molar-refractivity contribution in [1.29, 1.82) is 0 Å². The summed E-state index contributed by atoms with van der Waals surface area (Å²) in [6.07, 6.45) is 0. The molecule has 10 heteroatoms. The van der Waals surface area contributed by atoms with Crippen LogP contribution in [0.4, 0.5) is 10.1 Å². The van der Waals surface area contributed by atoms with Crippen molar-refractivity contribution >= 4 is 35.1 Å². The van der Waals surface area contributed by atoms with E-state index in [9.17, 15) is 18.8 Å². The van der Waals surface area contributed by atoms with Crippen molar-refractivity contribution in [2.75, 3.05) is 25.0 Å². The number of hydrogen-bond donors (Lipinski definition) is 1. The highest BCUT2D eigenvalue weighted by atomic mass is 35.5. The third kappa shape index (κ3) is 5.43. The number of ether oxygens (including phenoxy) is 1. The van der Waals surface area contributed by atoms with E-state index >= 15 is 0 Å². The molecule has 0 aliphatic heterocycles. The second-order valence-corrected chi connectivity index (χ2v) is 7.65. The highest BCUT2D eigenvalue weighted by Crippen LogP contribution is 2.33. The lowest BCUT2D eigenvalue weighted by molar-refractivity contribution is -0.119. The van der Waals surface area contributed by atoms with E-state index in [2.05, 4.69) is 10.5 Å². The third-order valence-corrected chi connectivity index (χ3v) is 5.38. The molecule has 3 aromatic rings. The largest absolute Gasteiger partial charge is 0.452 e. The first-order chi connectivity index (χ1) is 16.3. The van der Waals surface area contributed by atoms with Crippen molar-refractivity contribution in [1.82, 2.24) is 10.1 Å². The fraction of sp³-hybridized carbons (Fsp3) is 0.250. The summed E-state index contributed by atoms with van der Waals surface area (Å²) in [6.45, 7) is 5.83. The van der Waals surface area contributed by atoms with Gasteiger partial charge in [-0.1, -0.05) is 22.8 Å². The highest BCUT2D eigenvalue weighted by molar-refractivity contribution is 6.33. The van der Waals surface area contributed by atoms with E-state index in [1.54, 1.807) is 29.2 Å². The second kappa shape index (κ2) is 10.9. The average molecular weight is 488 g/mol. The van der Waals surface area contributed by atoms with Gasteiger partial charge in [0.25, 0.3) is 11.8 Å². The van der Waals surface area contributed by atoms with Crippen molar-refractivity contribution in [2.24, 2.45) is 0 Å². The minimum Gasteiger partial charge on any atom is -0.452 e. The summed E-state index contributed by atoms with van der Waals surface area (Å²) in [7, 11) is 0. The quantitative estimate of drug-likeness (QED) is 0.461. The summed E-state index contributed by atoms with van der Waals surface area (Å²) in [6, 6.07) is 10.4. The molecule has 2 aromatic carbocycles. The van der Waals surface area contributed by atoms with Gasteiger partial charge in [0.1, 0.15) is 22.8 Å². The summed E-state index contributed by atoms with van der Waals surface area (Å²) >= 11 is 6.07. The van der Waals surface area contributed by atoms with Crippen LogP contribution >= 0.6 is 11.6 Å². The molecule has 0 saturated carbocycles. The predicted octanol–water partition coefficient (Wildman–Crippen LogP) is 4.72. The van der Waals surface area contributed by atoms with Crippen LogP contribution in [-0.2, 0) is 9.53 Å². The zero-order valence-corrected chi connectivity index (χ0v) is 19.6. The molecule has 0 unspecified atom stereocenters. The first-order valence-electron chi connectivity index (χ1n) is 10.5. The minimum atomic E-state index is -0.914. The first-order valence-corrected chi connectivity index (χ1v) is 10.9. The summed E-state index contributed by atoms with van der Waals surface area (Å²) in [4.78, 5) is 39.0. The summed E-state index contributed by atoms with van der Waals surface area (Å²) in [5.74, 6) is -2.21. The average Bonchev–Trinajstić information content (AvgIpc) is 3.19. The highest BCUT2D eigenvalue weighted by Gasteiger charge is 2.27. The number of aromatic nitrogens is 1. The molecule has 3 rings (SSSR count). The zero-order valence-electron chi connectivity index (χ0n) is 18.9. The number of nitrogens with one attached hydrogen (secondary N) is 1. The predicted molar refractivity (Wildman–Crippen MR) is 124 cm³/mol. The van der Waals surface area contributed by atoms with Crippen LogP contribution in [0.3, 0.4) is 0 Å². The molecule has 2 amide bonds. The van der Waals surface area contributed by atoms with Gasteiger partial charge in [-0.25, -0.2) is 9.18 Å². The Morgan fingerprint density at radius 1 is 1.12 bits per heavy atom. The molecule has 0 atom stereocenters. The van der Waals surface area contributed by atoms with Gasteiger partial charge in [-0.15, -0.1) is 0 Å². The normalized spacial score (nSPS) is 10.6. The SMILES string of the molecule is CCN(CC)C(=O)c1ccc(NC(=O)COC(=O)c2c(-c3c(F)cccc3Cl)noc2C)cc1. The molecule has 0 radical (unpaired) electrons. The van der Waals surface area contributed by atoms with Crippen LogP contribution in [0.25, 0.3) is 11.3 Å². The molecule has 1 heterocycles. The topological polar surface area (TPSA) is 102 Å². The maximum Gasteiger partial charge on any atom is 0.344 e. The Morgan fingerprint density at radius 3 is 2.41 bits per heavy atom. The standard InChI is InChI=1S/C24H23ClFN3O5/c1-4-29(5-2)23(31)15-9-11-16(12-10-15)27-19(30)13-33-24(32)20-14(3)34-28-22(20)21-17(25)7-6-8-18(21)26/h6-12H,4-5,13H2,1-3H3,(H,27,30). The monoisotopic (exact) mass is 487 g/mol. The van der Waals surface area contributed by atoms with Crippen molar-refractivity contribution in [3.8, 4) is 11.3 Å². The van der Waals surface area contributed by atoms with E-state index in [4.69, 9.17) is 20.9 Å². The van der Waals surface area contributed by atoms with Crippen LogP contribution in [0.1, 0.15) is 40.3 Å². The van der Waals surface area contributed by atoms with Gasteiger partial charge in [-0.3, -0.25) is 9.59 Å². The van der Waals surface area contributed by atoms with Gasteiger partial charge >= 0.3 is 5.97 Å². The van der Waals surface area contributed by atoms with Gasteiger partial charge in [0.15, 0.2) is 6.61 Å². The van der Waals surface area contributed by atoms with Gasteiger partial charge in [0.2, 0.25) is 0 Å². The lowest BCUT2D eigenvalue weighted by atomic mass is 10.1. The van der Waals surface area contributed by atoms with Crippen molar-refractivity contribution in [3.63, 3.8) is 0 Å². The second-order valence-electron chi connectivity index (χ2n) is 7.24. The van der Waals surface area contributed by atoms with Gasteiger partial charge < -0.3 is 19.5 Å². The van der Waals surface area contributed by atoms with Crippen LogP contribution in [0.5, 0.6) is 0 Å². The van der Waals surface area contributed by atoms with E-state index in [1.807, 2.05) is 13.8 Å². The third-order valence-electron chi connectivity index (χ3n) is 5.07. The van der Waals surface area contributed by atoms with E-state index in [0.717, 1.165) is 0 Å². The van der Waals surface area contributed by atoms with Gasteiger partial charge in [-0.2, -0.15) is 0 Å². The minimum absolute atomic E-state index is 0.0445. The lowest BCUT2D eigenvalue weighted by Crippen LogP contribution is -2.30. The van der Waals surface area contributed by atoms with Gasteiger partial charge in [0, 0.05) is 24.3 Å². The Hall–Kier alpha value is -3.72. The maximum absolute atomic E-state index is 14.3. The Bertz CT molecular complexity index is 1190. The van der Waals surface area contributed by atoms with Crippen LogP contribution < -0.4 is 5.32 Å². The number of amides is 2. The Labute approximate surface area is 200 Å². The fourth-order valence-corrected chi connectivity index (χ4v) is 3.55. The Kier molecular flexibility index (Phi) is 8.01. The smallest absolute Gasteiger partial charge is 0.344 e. The molecule has 0 fully saturated rings. The van der Waals surface area contributed by atoms with Crippen LogP contribution in [-0.4, -0.2) is 47.5 Å². The first kappa shape index (κ1) is 24.9. The molecule has 0 spiro atoms. The number of anilines is 1. The molecular weight excluding hydrogens is 465 g/mol. The summed E-state index contributed by atoms with van der Waals surface area (Å²) < 4.78 is 24.4. The molecule has 1 aromatic heterocycles. The molecule has 1 N–H and O–H groups in total. The van der Waals surface area contributed by atoms with E-state index in [-0.39, 0.29) is 33.5 Å². The van der Waals surface area contributed by atoms with Crippen LogP contribution in [0.15, 0.2) is 47.0 Å². The van der Waals surface area contributed by atoms with E-state index in [1.165, 1.54) is 25.1 Å². The van der Waals surface area contributed by atoms with E-state index in [0.29, 0.717) is 24.3 Å². The van der Waals surface area contributed by atoms with Crippen molar-refractivity contribution in [3.05, 3.63) is 70.2 Å². The number of esters is 1. The zero-order chi connectivity index (χ0) is 24.8.